The van der Waals surface area contributed by atoms with E-state index in [0.717, 1.165) is 12.1 Å². The van der Waals surface area contributed by atoms with Crippen molar-refractivity contribution in [1.29, 1.82) is 0 Å². The SMILES string of the molecule is CCc1ccc(NC(=O)N(CC)C(CC)c2nc3ccccc3c(=O)n2CCOC)cc1. The molecule has 1 atom stereocenters. The lowest BCUT2D eigenvalue weighted by atomic mass is 10.1. The molecule has 2 amide bonds. The van der Waals surface area contributed by atoms with Gasteiger partial charge in [-0.1, -0.05) is 38.1 Å². The molecule has 1 N–H and O–H groups in total. The van der Waals surface area contributed by atoms with Crippen molar-refractivity contribution in [3.8, 4) is 0 Å². The fraction of sp³-hybridized carbons (Fsp3) is 0.400. The maximum atomic E-state index is 13.3. The Morgan fingerprint density at radius 1 is 1.12 bits per heavy atom. The number of urea groups is 1. The number of aryl methyl sites for hydroxylation is 1. The highest BCUT2D eigenvalue weighted by molar-refractivity contribution is 5.89. The molecule has 0 aliphatic carbocycles. The van der Waals surface area contributed by atoms with E-state index < -0.39 is 0 Å². The van der Waals surface area contributed by atoms with Crippen LogP contribution in [0.2, 0.25) is 0 Å². The van der Waals surface area contributed by atoms with Gasteiger partial charge in [-0.05, 0) is 49.6 Å². The minimum atomic E-state index is -0.357. The van der Waals surface area contributed by atoms with Crippen molar-refractivity contribution >= 4 is 22.6 Å². The average Bonchev–Trinajstić information content (AvgIpc) is 2.82. The molecular formula is C25H32N4O3. The van der Waals surface area contributed by atoms with E-state index in [4.69, 9.17) is 9.72 Å². The van der Waals surface area contributed by atoms with E-state index in [0.29, 0.717) is 42.8 Å². The molecule has 1 heterocycles. The van der Waals surface area contributed by atoms with Crippen molar-refractivity contribution in [2.24, 2.45) is 0 Å². The molecular weight excluding hydrogens is 404 g/mol. The summed E-state index contributed by atoms with van der Waals surface area (Å²) >= 11 is 0. The van der Waals surface area contributed by atoms with Gasteiger partial charge in [0.25, 0.3) is 5.56 Å². The number of nitrogens with zero attached hydrogens (tertiary/aromatic N) is 3. The summed E-state index contributed by atoms with van der Waals surface area (Å²) < 4.78 is 6.88. The van der Waals surface area contributed by atoms with Crippen LogP contribution in [0.25, 0.3) is 10.9 Å². The number of fused-ring (bicyclic) bond motifs is 1. The van der Waals surface area contributed by atoms with Gasteiger partial charge < -0.3 is 15.0 Å². The molecule has 2 aromatic carbocycles. The first-order valence-electron chi connectivity index (χ1n) is 11.2. The fourth-order valence-corrected chi connectivity index (χ4v) is 3.91. The Balaban J connectivity index is 2.00. The second-order valence-corrected chi connectivity index (χ2v) is 7.63. The number of para-hydroxylation sites is 1. The van der Waals surface area contributed by atoms with Gasteiger partial charge in [-0.3, -0.25) is 9.36 Å². The molecule has 1 unspecified atom stereocenters. The summed E-state index contributed by atoms with van der Waals surface area (Å²) in [6, 6.07) is 14.6. The number of carbonyl (C=O) groups is 1. The van der Waals surface area contributed by atoms with Crippen LogP contribution in [-0.2, 0) is 17.7 Å². The van der Waals surface area contributed by atoms with Gasteiger partial charge >= 0.3 is 6.03 Å². The highest BCUT2D eigenvalue weighted by Gasteiger charge is 2.27. The number of hydrogen-bond acceptors (Lipinski definition) is 4. The van der Waals surface area contributed by atoms with Crippen molar-refractivity contribution in [2.45, 2.75) is 46.2 Å². The Morgan fingerprint density at radius 2 is 1.84 bits per heavy atom. The molecule has 3 rings (SSSR count). The number of amides is 2. The quantitative estimate of drug-likeness (QED) is 0.531. The molecule has 0 bridgehead atoms. The van der Waals surface area contributed by atoms with Gasteiger partial charge in [0, 0.05) is 19.3 Å². The van der Waals surface area contributed by atoms with E-state index in [1.54, 1.807) is 22.6 Å². The maximum absolute atomic E-state index is 13.3. The monoisotopic (exact) mass is 436 g/mol. The summed E-state index contributed by atoms with van der Waals surface area (Å²) in [5, 5.41) is 3.55. The lowest BCUT2D eigenvalue weighted by Gasteiger charge is -2.31. The Morgan fingerprint density at radius 3 is 2.47 bits per heavy atom. The van der Waals surface area contributed by atoms with Crippen LogP contribution in [0.15, 0.2) is 53.3 Å². The van der Waals surface area contributed by atoms with Gasteiger partial charge in [0.05, 0.1) is 30.1 Å². The van der Waals surface area contributed by atoms with Gasteiger partial charge in [0.15, 0.2) is 0 Å². The molecule has 0 aliphatic rings. The van der Waals surface area contributed by atoms with Crippen LogP contribution < -0.4 is 10.9 Å². The van der Waals surface area contributed by atoms with Gasteiger partial charge in [-0.2, -0.15) is 0 Å². The third-order valence-electron chi connectivity index (χ3n) is 5.69. The molecule has 7 nitrogen and oxygen atoms in total. The summed E-state index contributed by atoms with van der Waals surface area (Å²) in [6.07, 6.45) is 1.56. The molecule has 0 saturated heterocycles. The number of ether oxygens (including phenoxy) is 1. The molecule has 0 saturated carbocycles. The minimum Gasteiger partial charge on any atom is -0.383 e. The molecule has 0 radical (unpaired) electrons. The zero-order valence-electron chi connectivity index (χ0n) is 19.3. The molecule has 0 fully saturated rings. The first-order chi connectivity index (χ1) is 15.5. The van der Waals surface area contributed by atoms with Crippen LogP contribution in [0.3, 0.4) is 0 Å². The molecule has 0 aliphatic heterocycles. The third-order valence-corrected chi connectivity index (χ3v) is 5.69. The lowest BCUT2D eigenvalue weighted by Crippen LogP contribution is -2.41. The van der Waals surface area contributed by atoms with Crippen LogP contribution in [0.1, 0.15) is 44.6 Å². The summed E-state index contributed by atoms with van der Waals surface area (Å²) in [5.41, 5.74) is 2.46. The van der Waals surface area contributed by atoms with Crippen LogP contribution in [0.5, 0.6) is 0 Å². The molecule has 0 spiro atoms. The van der Waals surface area contributed by atoms with Gasteiger partial charge in [0.1, 0.15) is 5.82 Å². The number of methoxy groups -OCH3 is 1. The van der Waals surface area contributed by atoms with Crippen molar-refractivity contribution < 1.29 is 9.53 Å². The van der Waals surface area contributed by atoms with Crippen LogP contribution >= 0.6 is 0 Å². The Bertz CT molecular complexity index is 1110. The second-order valence-electron chi connectivity index (χ2n) is 7.63. The average molecular weight is 437 g/mol. The molecule has 3 aromatic rings. The summed E-state index contributed by atoms with van der Waals surface area (Å²) in [6.45, 7) is 7.25. The van der Waals surface area contributed by atoms with Crippen molar-refractivity contribution in [2.75, 3.05) is 25.6 Å². The van der Waals surface area contributed by atoms with Crippen LogP contribution in [0.4, 0.5) is 10.5 Å². The van der Waals surface area contributed by atoms with E-state index in [2.05, 4.69) is 12.2 Å². The largest absolute Gasteiger partial charge is 0.383 e. The first kappa shape index (κ1) is 23.5. The van der Waals surface area contributed by atoms with Crippen molar-refractivity contribution in [3.63, 3.8) is 0 Å². The predicted molar refractivity (Wildman–Crippen MR) is 128 cm³/mol. The zero-order chi connectivity index (χ0) is 23.1. The molecule has 32 heavy (non-hydrogen) atoms. The molecule has 7 heteroatoms. The second kappa shape index (κ2) is 10.9. The first-order valence-corrected chi connectivity index (χ1v) is 11.2. The normalized spacial score (nSPS) is 12.0. The Labute approximate surface area is 189 Å². The highest BCUT2D eigenvalue weighted by atomic mass is 16.5. The van der Waals surface area contributed by atoms with E-state index >= 15 is 0 Å². The van der Waals surface area contributed by atoms with Crippen LogP contribution in [-0.4, -0.2) is 40.7 Å². The number of carbonyl (C=O) groups excluding carboxylic acids is 1. The lowest BCUT2D eigenvalue weighted by molar-refractivity contribution is 0.172. The van der Waals surface area contributed by atoms with Gasteiger partial charge in [0.2, 0.25) is 0 Å². The number of rotatable bonds is 9. The highest BCUT2D eigenvalue weighted by Crippen LogP contribution is 2.25. The van der Waals surface area contributed by atoms with Gasteiger partial charge in [-0.15, -0.1) is 0 Å². The van der Waals surface area contributed by atoms with E-state index in [-0.39, 0.29) is 17.6 Å². The molecule has 1 aromatic heterocycles. The molecule has 170 valence electrons. The zero-order valence-corrected chi connectivity index (χ0v) is 19.3. The summed E-state index contributed by atoms with van der Waals surface area (Å²) in [7, 11) is 1.60. The van der Waals surface area contributed by atoms with Crippen LogP contribution in [0, 0.1) is 0 Å². The van der Waals surface area contributed by atoms with Crippen molar-refractivity contribution in [3.05, 3.63) is 70.3 Å². The van der Waals surface area contributed by atoms with Gasteiger partial charge in [-0.25, -0.2) is 9.78 Å². The number of nitrogens with one attached hydrogen (secondary N) is 1. The standard InChI is InChI=1S/C25H32N4O3/c1-5-18-12-14-19(15-13-18)26-25(31)28(7-3)22(6-2)23-27-21-11-9-8-10-20(21)24(30)29(23)16-17-32-4/h8-15,22H,5-7,16-17H2,1-4H3,(H,26,31). The maximum Gasteiger partial charge on any atom is 0.322 e. The smallest absolute Gasteiger partial charge is 0.322 e. The Kier molecular flexibility index (Phi) is 8.00. The van der Waals surface area contributed by atoms with E-state index in [1.165, 1.54) is 5.56 Å². The topological polar surface area (TPSA) is 76.5 Å². The third kappa shape index (κ3) is 4.99. The summed E-state index contributed by atoms with van der Waals surface area (Å²) in [5.74, 6) is 0.576. The number of anilines is 1. The number of hydrogen-bond donors (Lipinski definition) is 1. The number of benzene rings is 2. The minimum absolute atomic E-state index is 0.118. The summed E-state index contributed by atoms with van der Waals surface area (Å²) in [4.78, 5) is 33.0. The van der Waals surface area contributed by atoms with Crippen molar-refractivity contribution in [1.82, 2.24) is 14.5 Å². The van der Waals surface area contributed by atoms with E-state index in [1.807, 2.05) is 56.3 Å². The Hall–Kier alpha value is -3.19. The van der Waals surface area contributed by atoms with E-state index in [9.17, 15) is 9.59 Å². The predicted octanol–water partition coefficient (Wildman–Crippen LogP) is 4.61. The fourth-order valence-electron chi connectivity index (χ4n) is 3.91. The number of aromatic nitrogens is 2.